The predicted molar refractivity (Wildman–Crippen MR) is 89.9 cm³/mol. The molecule has 0 bridgehead atoms. The van der Waals surface area contributed by atoms with Crippen molar-refractivity contribution in [3.05, 3.63) is 29.8 Å². The third-order valence-corrected chi connectivity index (χ3v) is 3.99. The summed E-state index contributed by atoms with van der Waals surface area (Å²) in [6.45, 7) is 3.94. The van der Waals surface area contributed by atoms with Gasteiger partial charge >= 0.3 is 12.6 Å². The van der Waals surface area contributed by atoms with Crippen molar-refractivity contribution in [3.8, 4) is 5.75 Å². The number of carbonyl (C=O) groups is 1. The summed E-state index contributed by atoms with van der Waals surface area (Å²) in [5.74, 6) is 0.0958. The van der Waals surface area contributed by atoms with Gasteiger partial charge in [0.25, 0.3) is 0 Å². The summed E-state index contributed by atoms with van der Waals surface area (Å²) in [6.07, 6.45) is 0.876. The molecule has 0 radical (unpaired) electrons. The van der Waals surface area contributed by atoms with Gasteiger partial charge in [-0.2, -0.15) is 8.78 Å². The number of rotatable bonds is 8. The van der Waals surface area contributed by atoms with E-state index in [1.807, 2.05) is 6.92 Å². The highest BCUT2D eigenvalue weighted by Gasteiger charge is 2.12. The molecule has 1 heterocycles. The Balaban J connectivity index is 1.65. The van der Waals surface area contributed by atoms with Gasteiger partial charge in [0.05, 0.1) is 19.3 Å². The van der Waals surface area contributed by atoms with E-state index in [9.17, 15) is 13.6 Å². The topological polar surface area (TPSA) is 62.8 Å². The van der Waals surface area contributed by atoms with Crippen LogP contribution in [0.25, 0.3) is 0 Å². The molecule has 2 N–H and O–H groups in total. The van der Waals surface area contributed by atoms with E-state index in [0.717, 1.165) is 44.8 Å². The summed E-state index contributed by atoms with van der Waals surface area (Å²) in [5.41, 5.74) is 0.810. The lowest BCUT2D eigenvalue weighted by molar-refractivity contribution is -0.0498. The molecule has 1 aromatic rings. The number of morpholine rings is 1. The standard InChI is InChI=1S/C17H25F2N3O3/c1-13(14-3-5-15(6-4-14)25-16(18)19)21-17(23)20-7-2-8-22-9-11-24-12-10-22/h3-6,13,16H,2,7-12H2,1H3,(H2,20,21,23). The van der Waals surface area contributed by atoms with Gasteiger partial charge in [0.1, 0.15) is 5.75 Å². The number of nitrogens with one attached hydrogen (secondary N) is 2. The Labute approximate surface area is 146 Å². The molecule has 1 aromatic carbocycles. The van der Waals surface area contributed by atoms with E-state index >= 15 is 0 Å². The molecule has 8 heteroatoms. The fraction of sp³-hybridized carbons (Fsp3) is 0.588. The summed E-state index contributed by atoms with van der Waals surface area (Å²) in [7, 11) is 0. The second-order valence-corrected chi connectivity index (χ2v) is 5.88. The summed E-state index contributed by atoms with van der Waals surface area (Å²) in [5, 5.41) is 5.65. The molecule has 2 amide bonds. The van der Waals surface area contributed by atoms with E-state index in [2.05, 4.69) is 20.3 Å². The van der Waals surface area contributed by atoms with Gasteiger partial charge in [0.2, 0.25) is 0 Å². The van der Waals surface area contributed by atoms with E-state index in [1.54, 1.807) is 12.1 Å². The van der Waals surface area contributed by atoms with Crippen molar-refractivity contribution >= 4 is 6.03 Å². The van der Waals surface area contributed by atoms with Gasteiger partial charge in [0, 0.05) is 19.6 Å². The highest BCUT2D eigenvalue weighted by Crippen LogP contribution is 2.19. The predicted octanol–water partition coefficient (Wildman–Crippen LogP) is 2.37. The maximum absolute atomic E-state index is 12.1. The second-order valence-electron chi connectivity index (χ2n) is 5.88. The summed E-state index contributed by atoms with van der Waals surface area (Å²) < 4.78 is 33.8. The average Bonchev–Trinajstić information content (AvgIpc) is 2.60. The quantitative estimate of drug-likeness (QED) is 0.701. The van der Waals surface area contributed by atoms with Crippen molar-refractivity contribution in [3.63, 3.8) is 0 Å². The summed E-state index contributed by atoms with van der Waals surface area (Å²) >= 11 is 0. The molecule has 0 spiro atoms. The number of amides is 2. The van der Waals surface area contributed by atoms with Gasteiger partial charge in [-0.3, -0.25) is 4.90 Å². The lowest BCUT2D eigenvalue weighted by Gasteiger charge is -2.26. The van der Waals surface area contributed by atoms with Crippen LogP contribution >= 0.6 is 0 Å². The number of hydrogen-bond acceptors (Lipinski definition) is 4. The molecule has 1 saturated heterocycles. The van der Waals surface area contributed by atoms with Crippen molar-refractivity contribution in [1.82, 2.24) is 15.5 Å². The van der Waals surface area contributed by atoms with E-state index < -0.39 is 6.61 Å². The Morgan fingerprint density at radius 2 is 1.96 bits per heavy atom. The van der Waals surface area contributed by atoms with Gasteiger partial charge in [-0.1, -0.05) is 12.1 Å². The molecule has 6 nitrogen and oxygen atoms in total. The van der Waals surface area contributed by atoms with Crippen LogP contribution in [0, 0.1) is 0 Å². The molecule has 1 unspecified atom stereocenters. The molecular formula is C17H25F2N3O3. The van der Waals surface area contributed by atoms with Crippen LogP contribution in [0.5, 0.6) is 5.75 Å². The molecular weight excluding hydrogens is 332 g/mol. The first-order valence-electron chi connectivity index (χ1n) is 8.44. The van der Waals surface area contributed by atoms with Crippen LogP contribution in [0.15, 0.2) is 24.3 Å². The third kappa shape index (κ3) is 7.23. The van der Waals surface area contributed by atoms with Gasteiger partial charge in [0.15, 0.2) is 0 Å². The Kier molecular flexibility index (Phi) is 7.87. The lowest BCUT2D eigenvalue weighted by Crippen LogP contribution is -2.40. The zero-order valence-corrected chi connectivity index (χ0v) is 14.3. The van der Waals surface area contributed by atoms with E-state index in [-0.39, 0.29) is 17.8 Å². The molecule has 1 aliphatic rings. The first-order valence-corrected chi connectivity index (χ1v) is 8.44. The monoisotopic (exact) mass is 357 g/mol. The lowest BCUT2D eigenvalue weighted by atomic mass is 10.1. The minimum atomic E-state index is -2.84. The number of urea groups is 1. The number of benzene rings is 1. The van der Waals surface area contributed by atoms with Crippen LogP contribution in [0.4, 0.5) is 13.6 Å². The molecule has 0 saturated carbocycles. The normalized spacial score (nSPS) is 16.5. The average molecular weight is 357 g/mol. The molecule has 1 aliphatic heterocycles. The maximum atomic E-state index is 12.1. The largest absolute Gasteiger partial charge is 0.435 e. The minimum absolute atomic E-state index is 0.0958. The molecule has 140 valence electrons. The van der Waals surface area contributed by atoms with Crippen molar-refractivity contribution in [2.75, 3.05) is 39.4 Å². The van der Waals surface area contributed by atoms with Crippen molar-refractivity contribution in [2.24, 2.45) is 0 Å². The Hall–Kier alpha value is -1.93. The van der Waals surface area contributed by atoms with Crippen LogP contribution in [0.2, 0.25) is 0 Å². The van der Waals surface area contributed by atoms with Crippen LogP contribution < -0.4 is 15.4 Å². The van der Waals surface area contributed by atoms with Crippen LogP contribution in [-0.2, 0) is 4.74 Å². The smallest absolute Gasteiger partial charge is 0.387 e. The summed E-state index contributed by atoms with van der Waals surface area (Å²) in [6, 6.07) is 5.74. The van der Waals surface area contributed by atoms with E-state index in [1.165, 1.54) is 12.1 Å². The summed E-state index contributed by atoms with van der Waals surface area (Å²) in [4.78, 5) is 14.2. The molecule has 25 heavy (non-hydrogen) atoms. The zero-order chi connectivity index (χ0) is 18.1. The zero-order valence-electron chi connectivity index (χ0n) is 14.3. The number of hydrogen-bond donors (Lipinski definition) is 2. The minimum Gasteiger partial charge on any atom is -0.435 e. The Morgan fingerprint density at radius 1 is 1.28 bits per heavy atom. The van der Waals surface area contributed by atoms with Crippen LogP contribution in [0.3, 0.4) is 0 Å². The van der Waals surface area contributed by atoms with Crippen molar-refractivity contribution in [1.29, 1.82) is 0 Å². The third-order valence-electron chi connectivity index (χ3n) is 3.99. The SMILES string of the molecule is CC(NC(=O)NCCCN1CCOCC1)c1ccc(OC(F)F)cc1. The van der Waals surface area contributed by atoms with Gasteiger partial charge in [-0.05, 0) is 37.6 Å². The first-order chi connectivity index (χ1) is 12.0. The Morgan fingerprint density at radius 3 is 2.60 bits per heavy atom. The van der Waals surface area contributed by atoms with Gasteiger partial charge in [-0.25, -0.2) is 4.79 Å². The number of halogens is 2. The highest BCUT2D eigenvalue weighted by atomic mass is 19.3. The van der Waals surface area contributed by atoms with E-state index in [0.29, 0.717) is 6.54 Å². The second kappa shape index (κ2) is 10.1. The highest BCUT2D eigenvalue weighted by molar-refractivity contribution is 5.74. The van der Waals surface area contributed by atoms with E-state index in [4.69, 9.17) is 4.74 Å². The fourth-order valence-corrected chi connectivity index (χ4v) is 2.60. The number of nitrogens with zero attached hydrogens (tertiary/aromatic N) is 1. The number of carbonyl (C=O) groups excluding carboxylic acids is 1. The van der Waals surface area contributed by atoms with Crippen LogP contribution in [-0.4, -0.2) is 56.9 Å². The Bertz CT molecular complexity index is 522. The van der Waals surface area contributed by atoms with Crippen LogP contribution in [0.1, 0.15) is 24.9 Å². The molecule has 1 atom stereocenters. The first kappa shape index (κ1) is 19.4. The fourth-order valence-electron chi connectivity index (χ4n) is 2.60. The van der Waals surface area contributed by atoms with Gasteiger partial charge in [-0.15, -0.1) is 0 Å². The van der Waals surface area contributed by atoms with Gasteiger partial charge < -0.3 is 20.1 Å². The van der Waals surface area contributed by atoms with Crippen molar-refractivity contribution in [2.45, 2.75) is 26.0 Å². The molecule has 1 fully saturated rings. The number of ether oxygens (including phenoxy) is 2. The molecule has 2 rings (SSSR count). The number of alkyl halides is 2. The van der Waals surface area contributed by atoms with Crippen molar-refractivity contribution < 1.29 is 23.0 Å². The molecule has 0 aliphatic carbocycles. The maximum Gasteiger partial charge on any atom is 0.387 e. The molecule has 0 aromatic heterocycles.